The Hall–Kier alpha value is 0. The summed E-state index contributed by atoms with van der Waals surface area (Å²) in [6.07, 6.45) is 18.0. The van der Waals surface area contributed by atoms with Crippen LogP contribution in [0.15, 0.2) is 0 Å². The summed E-state index contributed by atoms with van der Waals surface area (Å²) < 4.78 is 0. The lowest BCUT2D eigenvalue weighted by Gasteiger charge is -2.33. The van der Waals surface area contributed by atoms with Crippen LogP contribution in [0.3, 0.4) is 0 Å². The Morgan fingerprint density at radius 2 is 1.23 bits per heavy atom. The average Bonchev–Trinajstić information content (AvgIpc) is 2.63. The molecule has 0 heteroatoms. The highest BCUT2D eigenvalue weighted by atomic mass is 14.3. The van der Waals surface area contributed by atoms with Gasteiger partial charge >= 0.3 is 0 Å². The van der Waals surface area contributed by atoms with Crippen LogP contribution in [-0.4, -0.2) is 0 Å². The molecule has 5 unspecified atom stereocenters. The Morgan fingerprint density at radius 1 is 0.700 bits per heavy atom. The largest absolute Gasteiger partial charge is 0.0622 e. The monoisotopic (exact) mass is 420 g/mol. The van der Waals surface area contributed by atoms with Crippen molar-refractivity contribution in [3.05, 3.63) is 0 Å². The van der Waals surface area contributed by atoms with Crippen molar-refractivity contribution in [2.24, 2.45) is 46.3 Å². The lowest BCUT2D eigenvalue weighted by molar-refractivity contribution is 0.170. The fourth-order valence-corrected chi connectivity index (χ4v) is 5.90. The van der Waals surface area contributed by atoms with Gasteiger partial charge in [-0.05, 0) is 65.6 Å². The van der Waals surface area contributed by atoms with E-state index < -0.39 is 0 Å². The first-order chi connectivity index (χ1) is 13.8. The Bertz CT molecular complexity index is 428. The molecule has 5 atom stereocenters. The third kappa shape index (κ3) is 11.6. The molecule has 180 valence electrons. The van der Waals surface area contributed by atoms with Crippen LogP contribution in [0.4, 0.5) is 0 Å². The fourth-order valence-electron chi connectivity index (χ4n) is 5.90. The van der Waals surface area contributed by atoms with Crippen molar-refractivity contribution in [1.82, 2.24) is 0 Å². The van der Waals surface area contributed by atoms with Crippen LogP contribution in [0.5, 0.6) is 0 Å². The minimum atomic E-state index is 0.454. The van der Waals surface area contributed by atoms with Gasteiger partial charge < -0.3 is 0 Å². The summed E-state index contributed by atoms with van der Waals surface area (Å²) in [6.45, 7) is 23.9. The maximum atomic E-state index is 2.49. The Labute approximate surface area is 192 Å². The van der Waals surface area contributed by atoms with E-state index in [-0.39, 0.29) is 0 Å². The minimum Gasteiger partial charge on any atom is -0.0622 e. The van der Waals surface area contributed by atoms with Gasteiger partial charge in [0.15, 0.2) is 0 Å². The van der Waals surface area contributed by atoms with Gasteiger partial charge in [-0.2, -0.15) is 0 Å². The molecule has 0 bridgehead atoms. The van der Waals surface area contributed by atoms with E-state index in [4.69, 9.17) is 0 Å². The fraction of sp³-hybridized carbons (Fsp3) is 1.00. The predicted molar refractivity (Wildman–Crippen MR) is 138 cm³/mol. The van der Waals surface area contributed by atoms with Gasteiger partial charge in [-0.15, -0.1) is 0 Å². The first-order valence-corrected chi connectivity index (χ1v) is 13.8. The van der Waals surface area contributed by atoms with E-state index >= 15 is 0 Å². The Balaban J connectivity index is 0.000000301. The Kier molecular flexibility index (Phi) is 12.0. The highest BCUT2D eigenvalue weighted by Gasteiger charge is 2.26. The van der Waals surface area contributed by atoms with Crippen LogP contribution in [0.2, 0.25) is 0 Å². The van der Waals surface area contributed by atoms with Gasteiger partial charge in [-0.1, -0.05) is 127 Å². The molecule has 0 heterocycles. The maximum absolute atomic E-state index is 2.49. The molecule has 0 radical (unpaired) electrons. The van der Waals surface area contributed by atoms with E-state index in [1.807, 2.05) is 0 Å². The highest BCUT2D eigenvalue weighted by Crippen LogP contribution is 2.38. The molecule has 0 aromatic carbocycles. The summed E-state index contributed by atoms with van der Waals surface area (Å²) in [5, 5.41) is 0. The van der Waals surface area contributed by atoms with E-state index in [0.29, 0.717) is 10.8 Å². The summed E-state index contributed by atoms with van der Waals surface area (Å²) >= 11 is 0. The SMILES string of the molecule is CC(CC(C)C(C)(C)C)C(C)CC(C)(C)C.CC1CCCCC1CC1CCCCC1. The van der Waals surface area contributed by atoms with Crippen molar-refractivity contribution in [3.63, 3.8) is 0 Å². The van der Waals surface area contributed by atoms with Crippen molar-refractivity contribution < 1.29 is 0 Å². The standard InChI is InChI=1S/C16H34.C14H26/c1-12(10-14(3)16(7,8)9)13(2)11-15(4,5)6;1-12-7-5-6-10-14(12)11-13-8-3-2-4-9-13/h12-14H,10-11H2,1-9H3;12-14H,2-11H2,1H3. The van der Waals surface area contributed by atoms with Gasteiger partial charge in [0.05, 0.1) is 0 Å². The summed E-state index contributed by atoms with van der Waals surface area (Å²) in [4.78, 5) is 0. The van der Waals surface area contributed by atoms with Crippen LogP contribution in [0.25, 0.3) is 0 Å². The van der Waals surface area contributed by atoms with Crippen molar-refractivity contribution in [1.29, 1.82) is 0 Å². The number of hydrogen-bond donors (Lipinski definition) is 0. The van der Waals surface area contributed by atoms with E-state index in [1.54, 1.807) is 19.3 Å². The molecule has 0 spiro atoms. The summed E-state index contributed by atoms with van der Waals surface area (Å²) in [5.41, 5.74) is 0.925. The molecule has 0 aromatic heterocycles. The molecule has 0 N–H and O–H groups in total. The van der Waals surface area contributed by atoms with Crippen LogP contribution >= 0.6 is 0 Å². The van der Waals surface area contributed by atoms with E-state index in [9.17, 15) is 0 Å². The van der Waals surface area contributed by atoms with Gasteiger partial charge in [-0.3, -0.25) is 0 Å². The molecule has 2 fully saturated rings. The zero-order valence-corrected chi connectivity index (χ0v) is 22.9. The Morgan fingerprint density at radius 3 is 1.73 bits per heavy atom. The smallest absolute Gasteiger partial charge is 0.0357 e. The molecule has 0 aliphatic heterocycles. The third-order valence-electron chi connectivity index (χ3n) is 8.76. The normalized spacial score (nSPS) is 27.0. The highest BCUT2D eigenvalue weighted by molar-refractivity contribution is 4.78. The van der Waals surface area contributed by atoms with Crippen molar-refractivity contribution >= 4 is 0 Å². The van der Waals surface area contributed by atoms with Crippen molar-refractivity contribution in [2.75, 3.05) is 0 Å². The van der Waals surface area contributed by atoms with Crippen LogP contribution in [0.1, 0.15) is 146 Å². The predicted octanol–water partition coefficient (Wildman–Crippen LogP) is 10.6. The van der Waals surface area contributed by atoms with E-state index in [1.165, 1.54) is 57.8 Å². The second kappa shape index (κ2) is 12.9. The molecular formula is C30H60. The van der Waals surface area contributed by atoms with Crippen LogP contribution in [0, 0.1) is 46.3 Å². The molecule has 0 aromatic rings. The molecule has 0 saturated heterocycles. The topological polar surface area (TPSA) is 0 Å². The zero-order chi connectivity index (χ0) is 22.9. The molecule has 0 nitrogen and oxygen atoms in total. The minimum absolute atomic E-state index is 0.454. The van der Waals surface area contributed by atoms with E-state index in [2.05, 4.69) is 69.2 Å². The van der Waals surface area contributed by atoms with Crippen LogP contribution in [-0.2, 0) is 0 Å². The first-order valence-electron chi connectivity index (χ1n) is 13.8. The van der Waals surface area contributed by atoms with Gasteiger partial charge in [0.1, 0.15) is 0 Å². The van der Waals surface area contributed by atoms with Crippen molar-refractivity contribution in [2.45, 2.75) is 146 Å². The number of hydrogen-bond acceptors (Lipinski definition) is 0. The third-order valence-corrected chi connectivity index (χ3v) is 8.76. The number of rotatable bonds is 6. The van der Waals surface area contributed by atoms with Crippen LogP contribution < -0.4 is 0 Å². The zero-order valence-electron chi connectivity index (χ0n) is 22.9. The molecule has 2 aliphatic rings. The van der Waals surface area contributed by atoms with Gasteiger partial charge in [0, 0.05) is 0 Å². The molecular weight excluding hydrogens is 360 g/mol. The summed E-state index contributed by atoms with van der Waals surface area (Å²) in [6, 6.07) is 0. The lowest BCUT2D eigenvalue weighted by atomic mass is 9.72. The second-order valence-corrected chi connectivity index (χ2v) is 14.0. The van der Waals surface area contributed by atoms with Gasteiger partial charge in [0.25, 0.3) is 0 Å². The molecule has 0 amide bonds. The van der Waals surface area contributed by atoms with Crippen molar-refractivity contribution in [3.8, 4) is 0 Å². The molecule has 2 saturated carbocycles. The molecule has 30 heavy (non-hydrogen) atoms. The summed E-state index contributed by atoms with van der Waals surface area (Å²) in [5.74, 6) is 5.72. The lowest BCUT2D eigenvalue weighted by Crippen LogP contribution is -2.24. The summed E-state index contributed by atoms with van der Waals surface area (Å²) in [7, 11) is 0. The maximum Gasteiger partial charge on any atom is -0.0357 e. The van der Waals surface area contributed by atoms with Gasteiger partial charge in [-0.25, -0.2) is 0 Å². The molecule has 2 aliphatic carbocycles. The first kappa shape index (κ1) is 28.0. The average molecular weight is 421 g/mol. The van der Waals surface area contributed by atoms with E-state index in [0.717, 1.165) is 35.5 Å². The second-order valence-electron chi connectivity index (χ2n) is 14.0. The van der Waals surface area contributed by atoms with Gasteiger partial charge in [0.2, 0.25) is 0 Å². The molecule has 2 rings (SSSR count). The quantitative estimate of drug-likeness (QED) is 0.400.